The van der Waals surface area contributed by atoms with Crippen molar-refractivity contribution in [2.45, 2.75) is 32.2 Å². The molecule has 3 rings (SSSR count). The Labute approximate surface area is 190 Å². The van der Waals surface area contributed by atoms with E-state index in [0.29, 0.717) is 18.5 Å². The molecule has 0 spiro atoms. The number of carbonyl (C=O) groups is 1. The van der Waals surface area contributed by atoms with Gasteiger partial charge in [-0.3, -0.25) is 4.79 Å². The van der Waals surface area contributed by atoms with Gasteiger partial charge in [0.15, 0.2) is 5.82 Å². The molecule has 13 heteroatoms. The summed E-state index contributed by atoms with van der Waals surface area (Å²) < 4.78 is 84.4. The maximum atomic E-state index is 13.3. The van der Waals surface area contributed by atoms with Gasteiger partial charge in [-0.05, 0) is 32.0 Å². The first-order valence-corrected chi connectivity index (χ1v) is 9.96. The molecule has 3 heterocycles. The van der Waals surface area contributed by atoms with Gasteiger partial charge in [-0.15, -0.1) is 0 Å². The quantitative estimate of drug-likeness (QED) is 0.455. The van der Waals surface area contributed by atoms with Crippen LogP contribution in [-0.4, -0.2) is 49.7 Å². The predicted octanol–water partition coefficient (Wildman–Crippen LogP) is 4.63. The van der Waals surface area contributed by atoms with Crippen LogP contribution in [0.2, 0.25) is 0 Å². The Morgan fingerprint density at radius 2 is 1.76 bits per heavy atom. The number of pyridine rings is 2. The van der Waals surface area contributed by atoms with Crippen molar-refractivity contribution in [3.8, 4) is 11.7 Å². The fraction of sp³-hybridized carbons (Fsp3) is 0.333. The van der Waals surface area contributed by atoms with Crippen LogP contribution in [0.5, 0.6) is 5.88 Å². The van der Waals surface area contributed by atoms with Crippen LogP contribution >= 0.6 is 0 Å². The molecule has 0 aliphatic carbocycles. The number of rotatable bonds is 7. The molecule has 3 aromatic heterocycles. The minimum absolute atomic E-state index is 0.0843. The van der Waals surface area contributed by atoms with Gasteiger partial charge in [0.1, 0.15) is 6.61 Å². The van der Waals surface area contributed by atoms with E-state index in [1.807, 2.05) is 0 Å². The molecule has 0 N–H and O–H groups in total. The zero-order valence-corrected chi connectivity index (χ0v) is 17.9. The molecule has 0 saturated heterocycles. The predicted molar refractivity (Wildman–Crippen MR) is 107 cm³/mol. The van der Waals surface area contributed by atoms with Crippen LogP contribution in [0.25, 0.3) is 5.82 Å². The second-order valence-corrected chi connectivity index (χ2v) is 7.18. The molecule has 0 fully saturated rings. The summed E-state index contributed by atoms with van der Waals surface area (Å²) in [6.07, 6.45) is -5.20. The van der Waals surface area contributed by atoms with Crippen molar-refractivity contribution in [2.75, 3.05) is 13.2 Å². The van der Waals surface area contributed by atoms with Gasteiger partial charge in [0.25, 0.3) is 5.91 Å². The van der Waals surface area contributed by atoms with Crippen LogP contribution in [0.15, 0.2) is 49.1 Å². The number of hydrogen-bond donors (Lipinski definition) is 0. The second kappa shape index (κ2) is 9.69. The molecule has 0 bridgehead atoms. The third-order valence-electron chi connectivity index (χ3n) is 4.82. The van der Waals surface area contributed by atoms with Gasteiger partial charge in [-0.25, -0.2) is 14.6 Å². The zero-order valence-electron chi connectivity index (χ0n) is 17.9. The fourth-order valence-electron chi connectivity index (χ4n) is 3.09. The lowest BCUT2D eigenvalue weighted by molar-refractivity contribution is -0.138. The molecule has 34 heavy (non-hydrogen) atoms. The van der Waals surface area contributed by atoms with E-state index in [0.717, 1.165) is 12.1 Å². The summed E-state index contributed by atoms with van der Waals surface area (Å²) in [5, 5.41) is 3.94. The van der Waals surface area contributed by atoms with E-state index in [-0.39, 0.29) is 30.4 Å². The lowest BCUT2D eigenvalue weighted by atomic mass is 10.1. The molecule has 0 aliphatic heterocycles. The molecule has 182 valence electrons. The molecular weight excluding hydrogens is 468 g/mol. The van der Waals surface area contributed by atoms with Crippen molar-refractivity contribution >= 4 is 5.91 Å². The first-order valence-electron chi connectivity index (χ1n) is 9.96. The minimum atomic E-state index is -4.72. The van der Waals surface area contributed by atoms with Crippen LogP contribution in [0.1, 0.15) is 35.3 Å². The van der Waals surface area contributed by atoms with E-state index in [1.54, 1.807) is 13.8 Å². The topological polar surface area (TPSA) is 73.1 Å². The number of likely N-dealkylation sites (N-methyl/N-ethyl adjacent to an activating group) is 1. The van der Waals surface area contributed by atoms with E-state index >= 15 is 0 Å². The number of amides is 1. The summed E-state index contributed by atoms with van der Waals surface area (Å²) in [7, 11) is 0. The molecule has 1 amide bonds. The van der Waals surface area contributed by atoms with Gasteiger partial charge in [0.2, 0.25) is 5.88 Å². The van der Waals surface area contributed by atoms with Gasteiger partial charge in [0, 0.05) is 37.4 Å². The van der Waals surface area contributed by atoms with Crippen molar-refractivity contribution in [1.29, 1.82) is 0 Å². The van der Waals surface area contributed by atoms with Gasteiger partial charge in [0.05, 0.1) is 22.7 Å². The highest BCUT2D eigenvalue weighted by Crippen LogP contribution is 2.31. The van der Waals surface area contributed by atoms with Gasteiger partial charge in [-0.1, -0.05) is 0 Å². The molecular formula is C21H19F6N5O2. The van der Waals surface area contributed by atoms with E-state index < -0.39 is 35.4 Å². The van der Waals surface area contributed by atoms with E-state index in [9.17, 15) is 31.1 Å². The van der Waals surface area contributed by atoms with Crippen molar-refractivity contribution in [3.05, 3.63) is 65.7 Å². The average Bonchev–Trinajstić information content (AvgIpc) is 3.31. The molecule has 3 aromatic rings. The average molecular weight is 487 g/mol. The van der Waals surface area contributed by atoms with Crippen molar-refractivity contribution in [3.63, 3.8) is 0 Å². The van der Waals surface area contributed by atoms with Gasteiger partial charge < -0.3 is 9.64 Å². The zero-order chi connectivity index (χ0) is 25.1. The van der Waals surface area contributed by atoms with Crippen LogP contribution in [-0.2, 0) is 12.4 Å². The number of hydrogen-bond acceptors (Lipinski definition) is 5. The number of halogens is 6. The first-order chi connectivity index (χ1) is 15.9. The highest BCUT2D eigenvalue weighted by molar-refractivity contribution is 5.97. The molecule has 0 aromatic carbocycles. The molecule has 0 unspecified atom stereocenters. The Morgan fingerprint density at radius 3 is 2.29 bits per heavy atom. The molecule has 1 atom stereocenters. The summed E-state index contributed by atoms with van der Waals surface area (Å²) in [6, 6.07) is 3.42. The summed E-state index contributed by atoms with van der Waals surface area (Å²) in [4.78, 5) is 21.9. The Balaban J connectivity index is 1.82. The number of aromatic nitrogens is 4. The number of nitrogens with zero attached hydrogens (tertiary/aromatic N) is 5. The Morgan fingerprint density at radius 1 is 1.09 bits per heavy atom. The lowest BCUT2D eigenvalue weighted by Crippen LogP contribution is -2.42. The molecule has 0 saturated carbocycles. The Kier molecular flexibility index (Phi) is 7.12. The van der Waals surface area contributed by atoms with Crippen LogP contribution in [0.4, 0.5) is 26.3 Å². The van der Waals surface area contributed by atoms with Gasteiger partial charge in [-0.2, -0.15) is 31.4 Å². The standard InChI is InChI=1S/C21H19F6N5O2/c1-3-31(13(2)12-34-17-6-5-14(10-28-17)20(22,23)24)19(33)16-9-15(21(25,26)27)11-29-18(16)32-8-4-7-30-32/h4-11,13H,3,12H2,1-2H3/t13-/m0/s1. The van der Waals surface area contributed by atoms with E-state index in [1.165, 1.54) is 28.0 Å². The summed E-state index contributed by atoms with van der Waals surface area (Å²) in [5.41, 5.74) is -2.36. The van der Waals surface area contributed by atoms with Crippen molar-refractivity contribution in [1.82, 2.24) is 24.6 Å². The smallest absolute Gasteiger partial charge is 0.417 e. The number of ether oxygens (including phenoxy) is 1. The summed E-state index contributed by atoms with van der Waals surface area (Å²) in [6.45, 7) is 3.15. The largest absolute Gasteiger partial charge is 0.475 e. The minimum Gasteiger partial charge on any atom is -0.475 e. The summed E-state index contributed by atoms with van der Waals surface area (Å²) in [5.74, 6) is -0.927. The third kappa shape index (κ3) is 5.64. The van der Waals surface area contributed by atoms with Crippen LogP contribution in [0, 0.1) is 0 Å². The van der Waals surface area contributed by atoms with E-state index in [2.05, 4.69) is 15.1 Å². The van der Waals surface area contributed by atoms with E-state index in [4.69, 9.17) is 4.74 Å². The second-order valence-electron chi connectivity index (χ2n) is 7.18. The fourth-order valence-corrected chi connectivity index (χ4v) is 3.09. The Hall–Kier alpha value is -3.64. The van der Waals surface area contributed by atoms with Gasteiger partial charge >= 0.3 is 12.4 Å². The highest BCUT2D eigenvalue weighted by Gasteiger charge is 2.34. The lowest BCUT2D eigenvalue weighted by Gasteiger charge is -2.28. The molecule has 0 aliphatic rings. The van der Waals surface area contributed by atoms with Crippen LogP contribution in [0.3, 0.4) is 0 Å². The molecule has 0 radical (unpaired) electrons. The third-order valence-corrected chi connectivity index (χ3v) is 4.82. The summed E-state index contributed by atoms with van der Waals surface area (Å²) >= 11 is 0. The van der Waals surface area contributed by atoms with Crippen molar-refractivity contribution in [2.24, 2.45) is 0 Å². The first kappa shape index (κ1) is 25.0. The maximum absolute atomic E-state index is 13.3. The SMILES string of the molecule is CCN(C(=O)c1cc(C(F)(F)F)cnc1-n1cccn1)[C@@H](C)COc1ccc(C(F)(F)F)cn1. The normalized spacial score (nSPS) is 12.9. The number of alkyl halides is 6. The van der Waals surface area contributed by atoms with Crippen molar-refractivity contribution < 1.29 is 35.9 Å². The molecule has 7 nitrogen and oxygen atoms in total. The highest BCUT2D eigenvalue weighted by atomic mass is 19.4. The monoisotopic (exact) mass is 487 g/mol. The maximum Gasteiger partial charge on any atom is 0.417 e. The number of carbonyl (C=O) groups excluding carboxylic acids is 1. The van der Waals surface area contributed by atoms with Crippen LogP contribution < -0.4 is 4.74 Å². The Bertz CT molecular complexity index is 1110.